The second kappa shape index (κ2) is 6.84. The van der Waals surface area contributed by atoms with Crippen molar-refractivity contribution < 1.29 is 14.3 Å². The first-order valence-electron chi connectivity index (χ1n) is 6.90. The minimum Gasteiger partial charge on any atom is -0.495 e. The standard InChI is InChI=1S/C15H20ClNO3/c1-3-20-15(18)11-5-4-8-17(10-11)13-9-12(16)6-7-14(13)19-2/h6-7,9,11H,3-5,8,10H2,1-2H3. The van der Waals surface area contributed by atoms with E-state index >= 15 is 0 Å². The molecule has 1 aliphatic rings. The fourth-order valence-corrected chi connectivity index (χ4v) is 2.73. The third-order valence-corrected chi connectivity index (χ3v) is 3.76. The first-order valence-corrected chi connectivity index (χ1v) is 7.28. The van der Waals surface area contributed by atoms with Crippen molar-refractivity contribution in [1.82, 2.24) is 0 Å². The highest BCUT2D eigenvalue weighted by Crippen LogP contribution is 2.34. The van der Waals surface area contributed by atoms with E-state index < -0.39 is 0 Å². The molecule has 4 nitrogen and oxygen atoms in total. The number of halogens is 1. The van der Waals surface area contributed by atoms with Gasteiger partial charge in [-0.05, 0) is 38.0 Å². The van der Waals surface area contributed by atoms with Crippen molar-refractivity contribution in [2.75, 3.05) is 31.7 Å². The lowest BCUT2D eigenvalue weighted by Gasteiger charge is -2.34. The Kier molecular flexibility index (Phi) is 5.12. The summed E-state index contributed by atoms with van der Waals surface area (Å²) in [7, 11) is 1.64. The summed E-state index contributed by atoms with van der Waals surface area (Å²) in [6, 6.07) is 5.54. The lowest BCUT2D eigenvalue weighted by Crippen LogP contribution is -2.39. The Morgan fingerprint density at radius 3 is 3.00 bits per heavy atom. The molecule has 1 saturated heterocycles. The molecule has 1 aliphatic heterocycles. The van der Waals surface area contributed by atoms with E-state index in [1.165, 1.54) is 0 Å². The highest BCUT2D eigenvalue weighted by atomic mass is 35.5. The van der Waals surface area contributed by atoms with Crippen LogP contribution in [0.25, 0.3) is 0 Å². The Hall–Kier alpha value is -1.42. The van der Waals surface area contributed by atoms with Crippen molar-refractivity contribution in [3.8, 4) is 5.75 Å². The van der Waals surface area contributed by atoms with Gasteiger partial charge in [-0.25, -0.2) is 0 Å². The Balaban J connectivity index is 2.16. The predicted octanol–water partition coefficient (Wildman–Crippen LogP) is 3.13. The van der Waals surface area contributed by atoms with Gasteiger partial charge in [-0.3, -0.25) is 4.79 Å². The number of methoxy groups -OCH3 is 1. The quantitative estimate of drug-likeness (QED) is 0.801. The van der Waals surface area contributed by atoms with E-state index in [4.69, 9.17) is 21.1 Å². The summed E-state index contributed by atoms with van der Waals surface area (Å²) in [4.78, 5) is 14.0. The number of esters is 1. The van der Waals surface area contributed by atoms with E-state index in [1.807, 2.05) is 19.1 Å². The molecule has 0 aliphatic carbocycles. The van der Waals surface area contributed by atoms with Crippen LogP contribution in [0.5, 0.6) is 5.75 Å². The van der Waals surface area contributed by atoms with Gasteiger partial charge in [0.1, 0.15) is 5.75 Å². The van der Waals surface area contributed by atoms with Crippen molar-refractivity contribution in [3.05, 3.63) is 23.2 Å². The number of nitrogens with zero attached hydrogens (tertiary/aromatic N) is 1. The zero-order valence-corrected chi connectivity index (χ0v) is 12.7. The number of carbonyl (C=O) groups excluding carboxylic acids is 1. The number of piperidine rings is 1. The minimum atomic E-state index is -0.113. The van der Waals surface area contributed by atoms with Gasteiger partial charge in [0.25, 0.3) is 0 Å². The maximum Gasteiger partial charge on any atom is 0.310 e. The monoisotopic (exact) mass is 297 g/mol. The molecule has 1 aromatic rings. The Morgan fingerprint density at radius 1 is 1.50 bits per heavy atom. The maximum absolute atomic E-state index is 11.9. The highest BCUT2D eigenvalue weighted by molar-refractivity contribution is 6.30. The number of rotatable bonds is 4. The van der Waals surface area contributed by atoms with Gasteiger partial charge in [-0.1, -0.05) is 11.6 Å². The van der Waals surface area contributed by atoms with Gasteiger partial charge in [0.2, 0.25) is 0 Å². The van der Waals surface area contributed by atoms with Crippen LogP contribution >= 0.6 is 11.6 Å². The van der Waals surface area contributed by atoms with Crippen molar-refractivity contribution >= 4 is 23.3 Å². The van der Waals surface area contributed by atoms with Gasteiger partial charge in [0, 0.05) is 18.1 Å². The molecule has 1 heterocycles. The molecular weight excluding hydrogens is 278 g/mol. The second-order valence-electron chi connectivity index (χ2n) is 4.85. The summed E-state index contributed by atoms with van der Waals surface area (Å²) in [5.74, 6) is 0.587. The topological polar surface area (TPSA) is 38.8 Å². The van der Waals surface area contributed by atoms with Crippen molar-refractivity contribution in [1.29, 1.82) is 0 Å². The summed E-state index contributed by atoms with van der Waals surface area (Å²) in [5.41, 5.74) is 0.939. The van der Waals surface area contributed by atoms with Crippen LogP contribution in [-0.4, -0.2) is 32.8 Å². The van der Waals surface area contributed by atoms with Crippen LogP contribution in [0.2, 0.25) is 5.02 Å². The summed E-state index contributed by atoms with van der Waals surface area (Å²) < 4.78 is 10.5. The molecule has 2 rings (SSSR count). The number of hydrogen-bond acceptors (Lipinski definition) is 4. The normalized spacial score (nSPS) is 18.8. The molecule has 0 amide bonds. The molecule has 1 fully saturated rings. The highest BCUT2D eigenvalue weighted by Gasteiger charge is 2.28. The van der Waals surface area contributed by atoms with Crippen LogP contribution in [0.15, 0.2) is 18.2 Å². The van der Waals surface area contributed by atoms with Crippen LogP contribution < -0.4 is 9.64 Å². The molecule has 0 N–H and O–H groups in total. The van der Waals surface area contributed by atoms with E-state index in [9.17, 15) is 4.79 Å². The minimum absolute atomic E-state index is 0.0765. The van der Waals surface area contributed by atoms with Crippen molar-refractivity contribution in [2.45, 2.75) is 19.8 Å². The number of carbonyl (C=O) groups is 1. The van der Waals surface area contributed by atoms with Crippen LogP contribution in [0.3, 0.4) is 0 Å². The van der Waals surface area contributed by atoms with E-state index in [0.717, 1.165) is 30.8 Å². The zero-order chi connectivity index (χ0) is 14.5. The van der Waals surface area contributed by atoms with Gasteiger partial charge in [0.05, 0.1) is 25.3 Å². The summed E-state index contributed by atoms with van der Waals surface area (Å²) in [5, 5.41) is 0.666. The summed E-state index contributed by atoms with van der Waals surface area (Å²) >= 11 is 6.07. The molecule has 20 heavy (non-hydrogen) atoms. The Morgan fingerprint density at radius 2 is 2.30 bits per heavy atom. The first kappa shape index (κ1) is 15.0. The smallest absolute Gasteiger partial charge is 0.310 e. The lowest BCUT2D eigenvalue weighted by molar-refractivity contribution is -0.148. The molecule has 1 atom stereocenters. The summed E-state index contributed by atoms with van der Waals surface area (Å²) in [6.07, 6.45) is 1.83. The number of hydrogen-bond donors (Lipinski definition) is 0. The molecule has 0 saturated carbocycles. The molecule has 0 bridgehead atoms. The molecule has 0 radical (unpaired) electrons. The van der Waals surface area contributed by atoms with Gasteiger partial charge in [-0.2, -0.15) is 0 Å². The largest absolute Gasteiger partial charge is 0.495 e. The number of ether oxygens (including phenoxy) is 2. The Bertz CT molecular complexity index is 478. The average Bonchev–Trinajstić information content (AvgIpc) is 2.47. The third kappa shape index (κ3) is 3.37. The summed E-state index contributed by atoms with van der Waals surface area (Å²) in [6.45, 7) is 3.80. The van der Waals surface area contributed by atoms with Crippen molar-refractivity contribution in [3.63, 3.8) is 0 Å². The number of anilines is 1. The van der Waals surface area contributed by atoms with Gasteiger partial charge in [-0.15, -0.1) is 0 Å². The van der Waals surface area contributed by atoms with E-state index in [1.54, 1.807) is 13.2 Å². The van der Waals surface area contributed by atoms with Gasteiger partial charge < -0.3 is 14.4 Å². The van der Waals surface area contributed by atoms with Crippen LogP contribution in [-0.2, 0) is 9.53 Å². The van der Waals surface area contributed by atoms with Gasteiger partial charge in [0.15, 0.2) is 0 Å². The molecular formula is C15H20ClNO3. The zero-order valence-electron chi connectivity index (χ0n) is 11.9. The SMILES string of the molecule is CCOC(=O)C1CCCN(c2cc(Cl)ccc2OC)C1. The molecule has 110 valence electrons. The fraction of sp³-hybridized carbons (Fsp3) is 0.533. The first-order chi connectivity index (χ1) is 9.65. The molecule has 1 unspecified atom stereocenters. The second-order valence-corrected chi connectivity index (χ2v) is 5.29. The van der Waals surface area contributed by atoms with E-state index in [-0.39, 0.29) is 11.9 Å². The van der Waals surface area contributed by atoms with Crippen LogP contribution in [0.4, 0.5) is 5.69 Å². The average molecular weight is 298 g/mol. The lowest BCUT2D eigenvalue weighted by atomic mass is 9.97. The molecule has 0 spiro atoms. The van der Waals surface area contributed by atoms with Crippen LogP contribution in [0, 0.1) is 5.92 Å². The van der Waals surface area contributed by atoms with Gasteiger partial charge >= 0.3 is 5.97 Å². The number of benzene rings is 1. The molecule has 0 aromatic heterocycles. The van der Waals surface area contributed by atoms with Crippen molar-refractivity contribution in [2.24, 2.45) is 5.92 Å². The fourth-order valence-electron chi connectivity index (χ4n) is 2.56. The maximum atomic E-state index is 11.9. The van der Waals surface area contributed by atoms with E-state index in [0.29, 0.717) is 18.2 Å². The predicted molar refractivity (Wildman–Crippen MR) is 79.6 cm³/mol. The van der Waals surface area contributed by atoms with E-state index in [2.05, 4.69) is 4.90 Å². The molecule has 5 heteroatoms. The third-order valence-electron chi connectivity index (χ3n) is 3.52. The Labute approximate surface area is 124 Å². The van der Waals surface area contributed by atoms with Crippen LogP contribution in [0.1, 0.15) is 19.8 Å². The molecule has 1 aromatic carbocycles.